The quantitative estimate of drug-likeness (QED) is 0.589. The topological polar surface area (TPSA) is 114 Å². The van der Waals surface area contributed by atoms with E-state index in [9.17, 15) is 14.4 Å². The monoisotopic (exact) mass is 405 g/mol. The van der Waals surface area contributed by atoms with Gasteiger partial charge in [0.05, 0.1) is 12.8 Å². The van der Waals surface area contributed by atoms with E-state index in [2.05, 4.69) is 48.4 Å². The molecule has 2 rings (SSSR count). The number of nitrogens with one attached hydrogen (secondary N) is 1. The first-order chi connectivity index (χ1) is 13.6. The minimum atomic E-state index is -1.08. The van der Waals surface area contributed by atoms with Crippen molar-refractivity contribution in [3.63, 3.8) is 0 Å². The number of rotatable bonds is 9. The molecule has 0 atom stereocenters. The predicted molar refractivity (Wildman–Crippen MR) is 112 cm³/mol. The van der Waals surface area contributed by atoms with Crippen LogP contribution in [0.15, 0.2) is 24.4 Å². The van der Waals surface area contributed by atoms with Gasteiger partial charge in [0, 0.05) is 44.2 Å². The van der Waals surface area contributed by atoms with Crippen molar-refractivity contribution in [1.29, 1.82) is 0 Å². The minimum Gasteiger partial charge on any atom is -0.481 e. The van der Waals surface area contributed by atoms with Crippen molar-refractivity contribution in [2.24, 2.45) is 0 Å². The van der Waals surface area contributed by atoms with Gasteiger partial charge in [-0.15, -0.1) is 0 Å². The molecule has 1 aromatic carbocycles. The molecular formula is C21H31N3O5. The van der Waals surface area contributed by atoms with Crippen LogP contribution in [0.2, 0.25) is 0 Å². The molecule has 160 valence electrons. The minimum absolute atomic E-state index is 0.178. The number of aliphatic carboxylic acids is 2. The molecule has 0 unspecified atom stereocenters. The van der Waals surface area contributed by atoms with E-state index in [1.807, 2.05) is 0 Å². The molecule has 1 heterocycles. The summed E-state index contributed by atoms with van der Waals surface area (Å²) in [5.74, 6) is -1.98. The maximum atomic E-state index is 11.7. The van der Waals surface area contributed by atoms with E-state index in [1.165, 1.54) is 22.0 Å². The van der Waals surface area contributed by atoms with Crippen molar-refractivity contribution in [3.8, 4) is 0 Å². The number of benzene rings is 1. The van der Waals surface area contributed by atoms with E-state index in [4.69, 9.17) is 10.2 Å². The lowest BCUT2D eigenvalue weighted by Crippen LogP contribution is -2.21. The van der Waals surface area contributed by atoms with Crippen molar-refractivity contribution in [1.82, 2.24) is 14.8 Å². The van der Waals surface area contributed by atoms with Gasteiger partial charge in [-0.2, -0.15) is 0 Å². The maximum absolute atomic E-state index is 11.7. The summed E-state index contributed by atoms with van der Waals surface area (Å²) < 4.78 is 0. The van der Waals surface area contributed by atoms with E-state index in [0.29, 0.717) is 6.42 Å². The molecule has 0 spiro atoms. The number of carboxylic acids is 2. The maximum Gasteiger partial charge on any atom is 0.303 e. The smallest absolute Gasteiger partial charge is 0.303 e. The molecule has 3 N–H and O–H groups in total. The number of carboxylic acid groups (broad SMARTS) is 2. The summed E-state index contributed by atoms with van der Waals surface area (Å²) in [6.45, 7) is 1.04. The highest BCUT2D eigenvalue weighted by molar-refractivity contribution is 5.84. The van der Waals surface area contributed by atoms with Crippen LogP contribution in [0.1, 0.15) is 30.4 Å². The molecule has 8 heteroatoms. The summed E-state index contributed by atoms with van der Waals surface area (Å²) in [6.07, 6.45) is 3.90. The Labute approximate surface area is 171 Å². The Kier molecular flexibility index (Phi) is 9.88. The molecule has 0 radical (unpaired) electrons. The van der Waals surface area contributed by atoms with Crippen LogP contribution >= 0.6 is 0 Å². The lowest BCUT2D eigenvalue weighted by atomic mass is 10.0. The summed E-state index contributed by atoms with van der Waals surface area (Å²) in [4.78, 5) is 38.1. The summed E-state index contributed by atoms with van der Waals surface area (Å²) in [5, 5.41) is 17.1. The van der Waals surface area contributed by atoms with Gasteiger partial charge in [-0.05, 0) is 50.2 Å². The Balaban J connectivity index is 0.000000447. The van der Waals surface area contributed by atoms with Crippen molar-refractivity contribution in [2.45, 2.75) is 32.1 Å². The zero-order valence-corrected chi connectivity index (χ0v) is 17.6. The normalized spacial score (nSPS) is 10.5. The van der Waals surface area contributed by atoms with Gasteiger partial charge in [0.1, 0.15) is 0 Å². The van der Waals surface area contributed by atoms with Crippen LogP contribution < -0.4 is 0 Å². The molecule has 0 saturated heterocycles. The number of hydrogen-bond acceptors (Lipinski definition) is 4. The van der Waals surface area contributed by atoms with Gasteiger partial charge in [0.25, 0.3) is 0 Å². The fraction of sp³-hybridized carbons (Fsp3) is 0.476. The Bertz CT molecular complexity index is 813. The van der Waals surface area contributed by atoms with Crippen molar-refractivity contribution >= 4 is 28.7 Å². The highest BCUT2D eigenvalue weighted by atomic mass is 16.4. The number of carbonyl (C=O) groups is 3. The van der Waals surface area contributed by atoms with E-state index < -0.39 is 11.9 Å². The third kappa shape index (κ3) is 9.25. The molecule has 29 heavy (non-hydrogen) atoms. The van der Waals surface area contributed by atoms with E-state index in [-0.39, 0.29) is 18.7 Å². The van der Waals surface area contributed by atoms with Gasteiger partial charge >= 0.3 is 11.9 Å². The van der Waals surface area contributed by atoms with Crippen LogP contribution in [0.3, 0.4) is 0 Å². The second-order valence-corrected chi connectivity index (χ2v) is 7.32. The van der Waals surface area contributed by atoms with Crippen LogP contribution in [-0.2, 0) is 27.2 Å². The molecule has 0 aliphatic heterocycles. The third-order valence-corrected chi connectivity index (χ3v) is 4.34. The molecular weight excluding hydrogens is 374 g/mol. The molecule has 1 amide bonds. The summed E-state index contributed by atoms with van der Waals surface area (Å²) >= 11 is 0. The lowest BCUT2D eigenvalue weighted by Gasteiger charge is -2.10. The van der Waals surface area contributed by atoms with E-state index in [1.54, 1.807) is 19.0 Å². The molecule has 0 aliphatic rings. The van der Waals surface area contributed by atoms with E-state index >= 15 is 0 Å². The number of aromatic amines is 1. The summed E-state index contributed by atoms with van der Waals surface area (Å²) in [7, 11) is 7.79. The summed E-state index contributed by atoms with van der Waals surface area (Å²) in [5.41, 5.74) is 3.74. The van der Waals surface area contributed by atoms with Gasteiger partial charge in [-0.3, -0.25) is 14.4 Å². The number of hydrogen-bond donors (Lipinski definition) is 3. The molecule has 8 nitrogen and oxygen atoms in total. The third-order valence-electron chi connectivity index (χ3n) is 4.34. The first kappa shape index (κ1) is 24.2. The molecule has 0 bridgehead atoms. The average Bonchev–Trinajstić information content (AvgIpc) is 3.05. The van der Waals surface area contributed by atoms with Gasteiger partial charge in [-0.25, -0.2) is 0 Å². The first-order valence-corrected chi connectivity index (χ1v) is 9.47. The first-order valence-electron chi connectivity index (χ1n) is 9.47. The van der Waals surface area contributed by atoms with Gasteiger partial charge in [0.15, 0.2) is 0 Å². The average molecular weight is 405 g/mol. The number of aromatic nitrogens is 1. The number of nitrogens with zero attached hydrogens (tertiary/aromatic N) is 2. The highest BCUT2D eigenvalue weighted by Gasteiger charge is 2.08. The molecule has 0 fully saturated rings. The van der Waals surface area contributed by atoms with Crippen molar-refractivity contribution in [2.75, 3.05) is 34.7 Å². The second kappa shape index (κ2) is 11.9. The Morgan fingerprint density at radius 2 is 1.55 bits per heavy atom. The fourth-order valence-corrected chi connectivity index (χ4v) is 2.62. The molecule has 0 aliphatic carbocycles. The van der Waals surface area contributed by atoms with Crippen LogP contribution in [-0.4, -0.2) is 77.6 Å². The van der Waals surface area contributed by atoms with Crippen molar-refractivity contribution in [3.05, 3.63) is 35.5 Å². The standard InChI is InChI=1S/C17H25N3O.C4H6O4/c1-19(2)10-9-14-12-18-16-7-5-13(11-15(14)16)6-8-17(21)20(3)4;5-3(6)1-2-4(7)8/h5,7,11-12,18H,6,8-10H2,1-4H3;1-2H2,(H,5,6)(H,7,8). The number of aryl methyl sites for hydroxylation is 1. The van der Waals surface area contributed by atoms with Crippen LogP contribution in [0.4, 0.5) is 0 Å². The van der Waals surface area contributed by atoms with Gasteiger partial charge < -0.3 is 25.0 Å². The largest absolute Gasteiger partial charge is 0.481 e. The zero-order valence-electron chi connectivity index (χ0n) is 17.6. The number of likely N-dealkylation sites (N-methyl/N-ethyl adjacent to an activating group) is 1. The van der Waals surface area contributed by atoms with E-state index in [0.717, 1.165) is 19.4 Å². The Morgan fingerprint density at radius 3 is 2.07 bits per heavy atom. The molecule has 0 saturated carbocycles. The van der Waals surface area contributed by atoms with Gasteiger partial charge in [0.2, 0.25) is 5.91 Å². The lowest BCUT2D eigenvalue weighted by molar-refractivity contribution is -0.143. The van der Waals surface area contributed by atoms with Crippen molar-refractivity contribution < 1.29 is 24.6 Å². The summed E-state index contributed by atoms with van der Waals surface area (Å²) in [6, 6.07) is 6.45. The van der Waals surface area contributed by atoms with Gasteiger partial charge in [-0.1, -0.05) is 6.07 Å². The van der Waals surface area contributed by atoms with Crippen LogP contribution in [0.5, 0.6) is 0 Å². The second-order valence-electron chi connectivity index (χ2n) is 7.32. The highest BCUT2D eigenvalue weighted by Crippen LogP contribution is 2.21. The number of fused-ring (bicyclic) bond motifs is 1. The van der Waals surface area contributed by atoms with Crippen LogP contribution in [0, 0.1) is 0 Å². The van der Waals surface area contributed by atoms with Crippen LogP contribution in [0.25, 0.3) is 10.9 Å². The fourth-order valence-electron chi connectivity index (χ4n) is 2.62. The predicted octanol–water partition coefficient (Wildman–Crippen LogP) is 2.23. The number of carbonyl (C=O) groups excluding carboxylic acids is 1. The SMILES string of the molecule is CN(C)CCc1c[nH]c2ccc(CCC(=O)N(C)C)cc12.O=C(O)CCC(=O)O. The Hall–Kier alpha value is -2.87. The molecule has 1 aromatic heterocycles. The molecule has 2 aromatic rings. The Morgan fingerprint density at radius 1 is 0.931 bits per heavy atom. The zero-order chi connectivity index (χ0) is 22.0. The number of amides is 1. The number of H-pyrrole nitrogens is 1.